The molecule has 4 heteroatoms. The van der Waals surface area contributed by atoms with Crippen molar-refractivity contribution in [3.8, 4) is 0 Å². The fourth-order valence-corrected chi connectivity index (χ4v) is 4.73. The standard InChI is InChI=1S/C20H24N2O2/c1-3-13(20(23)24)7-12-8-16-15-5-4-6-17-19(15)14(10-21-17)9-18(16)22(2)11-12/h4-7,10,12,16,18,21H,3,8-9,11H2,1-2H3,(H,23,24)/b13-7+/t12-,16-,18-/m1/s1. The third kappa shape index (κ3) is 2.37. The van der Waals surface area contributed by atoms with Gasteiger partial charge in [0.15, 0.2) is 0 Å². The molecule has 2 heterocycles. The smallest absolute Gasteiger partial charge is 0.331 e. The molecule has 3 atom stereocenters. The number of benzene rings is 1. The topological polar surface area (TPSA) is 56.3 Å². The number of hydrogen-bond acceptors (Lipinski definition) is 2. The van der Waals surface area contributed by atoms with E-state index < -0.39 is 5.97 Å². The summed E-state index contributed by atoms with van der Waals surface area (Å²) in [6.07, 6.45) is 6.86. The second kappa shape index (κ2) is 5.78. The van der Waals surface area contributed by atoms with Crippen molar-refractivity contribution in [1.82, 2.24) is 9.88 Å². The number of rotatable bonds is 3. The number of carboxylic acid groups (broad SMARTS) is 1. The Hall–Kier alpha value is -2.07. The zero-order valence-corrected chi connectivity index (χ0v) is 14.2. The molecule has 1 aromatic carbocycles. The van der Waals surface area contributed by atoms with Crippen molar-refractivity contribution in [3.05, 3.63) is 47.2 Å². The van der Waals surface area contributed by atoms with E-state index in [-0.39, 0.29) is 0 Å². The molecule has 1 aliphatic heterocycles. The fraction of sp³-hybridized carbons (Fsp3) is 0.450. The van der Waals surface area contributed by atoms with E-state index in [1.165, 1.54) is 22.0 Å². The van der Waals surface area contributed by atoms with Gasteiger partial charge in [0.1, 0.15) is 0 Å². The van der Waals surface area contributed by atoms with Crippen LogP contribution < -0.4 is 0 Å². The summed E-state index contributed by atoms with van der Waals surface area (Å²) in [4.78, 5) is 17.2. The van der Waals surface area contributed by atoms with Gasteiger partial charge in [0.2, 0.25) is 0 Å². The second-order valence-corrected chi connectivity index (χ2v) is 7.25. The number of likely N-dealkylation sites (N-methyl/N-ethyl adjacent to an activating group) is 1. The van der Waals surface area contributed by atoms with Gasteiger partial charge in [0, 0.05) is 41.2 Å². The van der Waals surface area contributed by atoms with Gasteiger partial charge in [-0.1, -0.05) is 25.1 Å². The molecule has 1 aliphatic carbocycles. The van der Waals surface area contributed by atoms with E-state index in [9.17, 15) is 9.90 Å². The Morgan fingerprint density at radius 2 is 2.29 bits per heavy atom. The van der Waals surface area contributed by atoms with Gasteiger partial charge in [-0.2, -0.15) is 0 Å². The maximum atomic E-state index is 11.4. The molecule has 2 aromatic rings. The number of nitrogens with one attached hydrogen (secondary N) is 1. The lowest BCUT2D eigenvalue weighted by molar-refractivity contribution is -0.132. The van der Waals surface area contributed by atoms with Gasteiger partial charge in [0.05, 0.1) is 0 Å². The van der Waals surface area contributed by atoms with Gasteiger partial charge in [-0.25, -0.2) is 4.79 Å². The first-order chi connectivity index (χ1) is 11.6. The van der Waals surface area contributed by atoms with E-state index >= 15 is 0 Å². The highest BCUT2D eigenvalue weighted by atomic mass is 16.4. The van der Waals surface area contributed by atoms with Crippen LogP contribution in [-0.4, -0.2) is 40.6 Å². The predicted molar refractivity (Wildman–Crippen MR) is 95.3 cm³/mol. The van der Waals surface area contributed by atoms with Crippen molar-refractivity contribution in [2.24, 2.45) is 5.92 Å². The molecular formula is C20H24N2O2. The predicted octanol–water partition coefficient (Wildman–Crippen LogP) is 3.55. The van der Waals surface area contributed by atoms with Crippen molar-refractivity contribution in [3.63, 3.8) is 0 Å². The maximum absolute atomic E-state index is 11.4. The number of hydrogen-bond donors (Lipinski definition) is 2. The quantitative estimate of drug-likeness (QED) is 0.849. The minimum absolute atomic E-state index is 0.304. The van der Waals surface area contributed by atoms with E-state index in [4.69, 9.17) is 0 Å². The highest BCUT2D eigenvalue weighted by molar-refractivity contribution is 5.88. The molecule has 4 nitrogen and oxygen atoms in total. The van der Waals surface area contributed by atoms with Crippen molar-refractivity contribution in [2.45, 2.75) is 38.1 Å². The second-order valence-electron chi connectivity index (χ2n) is 7.25. The maximum Gasteiger partial charge on any atom is 0.331 e. The van der Waals surface area contributed by atoms with Crippen molar-refractivity contribution >= 4 is 16.9 Å². The number of carbonyl (C=O) groups is 1. The van der Waals surface area contributed by atoms with Gasteiger partial charge >= 0.3 is 5.97 Å². The number of nitrogens with zero attached hydrogens (tertiary/aromatic N) is 1. The van der Waals surface area contributed by atoms with E-state index in [1.54, 1.807) is 0 Å². The molecule has 0 bridgehead atoms. The van der Waals surface area contributed by atoms with E-state index in [1.807, 2.05) is 13.0 Å². The Morgan fingerprint density at radius 1 is 1.46 bits per heavy atom. The van der Waals surface area contributed by atoms with Crippen LogP contribution in [0, 0.1) is 5.92 Å². The van der Waals surface area contributed by atoms with Crippen LogP contribution in [0.15, 0.2) is 36.0 Å². The lowest BCUT2D eigenvalue weighted by Crippen LogP contribution is -2.47. The lowest BCUT2D eigenvalue weighted by Gasteiger charge is -2.45. The van der Waals surface area contributed by atoms with Gasteiger partial charge in [0.25, 0.3) is 0 Å². The van der Waals surface area contributed by atoms with Crippen LogP contribution in [0.25, 0.3) is 10.9 Å². The number of fused-ring (bicyclic) bond motifs is 2. The van der Waals surface area contributed by atoms with Gasteiger partial charge < -0.3 is 15.0 Å². The summed E-state index contributed by atoms with van der Waals surface area (Å²) in [5, 5.41) is 10.7. The largest absolute Gasteiger partial charge is 0.478 e. The molecule has 0 unspecified atom stereocenters. The number of aromatic amines is 1. The van der Waals surface area contributed by atoms with Crippen LogP contribution in [0.3, 0.4) is 0 Å². The zero-order chi connectivity index (χ0) is 16.8. The highest BCUT2D eigenvalue weighted by Gasteiger charge is 2.38. The summed E-state index contributed by atoms with van der Waals surface area (Å²) < 4.78 is 0. The molecule has 4 rings (SSSR count). The van der Waals surface area contributed by atoms with Crippen LogP contribution in [0.5, 0.6) is 0 Å². The first-order valence-corrected chi connectivity index (χ1v) is 8.81. The number of piperidine rings is 1. The van der Waals surface area contributed by atoms with Gasteiger partial charge in [-0.3, -0.25) is 0 Å². The Bertz CT molecular complexity index is 820. The Labute approximate surface area is 142 Å². The minimum atomic E-state index is -0.777. The number of carboxylic acids is 1. The molecule has 2 aliphatic rings. The third-order valence-corrected chi connectivity index (χ3v) is 5.85. The summed E-state index contributed by atoms with van der Waals surface area (Å²) in [7, 11) is 2.18. The lowest BCUT2D eigenvalue weighted by atomic mass is 9.72. The zero-order valence-electron chi connectivity index (χ0n) is 14.2. The van der Waals surface area contributed by atoms with Crippen molar-refractivity contribution < 1.29 is 9.90 Å². The molecule has 0 spiro atoms. The Kier molecular flexibility index (Phi) is 3.72. The van der Waals surface area contributed by atoms with Crippen LogP contribution >= 0.6 is 0 Å². The summed E-state index contributed by atoms with van der Waals surface area (Å²) >= 11 is 0. The van der Waals surface area contributed by atoms with Crippen LogP contribution in [0.2, 0.25) is 0 Å². The number of likely N-dealkylation sites (tertiary alicyclic amines) is 1. The van der Waals surface area contributed by atoms with Gasteiger partial charge in [-0.15, -0.1) is 0 Å². The first-order valence-electron chi connectivity index (χ1n) is 8.81. The molecule has 0 radical (unpaired) electrons. The molecular weight excluding hydrogens is 300 g/mol. The monoisotopic (exact) mass is 324 g/mol. The number of aliphatic carboxylic acids is 1. The Balaban J connectivity index is 1.72. The van der Waals surface area contributed by atoms with Crippen LogP contribution in [0.4, 0.5) is 0 Å². The average Bonchev–Trinajstić information content (AvgIpc) is 2.98. The molecule has 2 N–H and O–H groups in total. The van der Waals surface area contributed by atoms with E-state index in [2.05, 4.69) is 41.3 Å². The molecule has 1 fully saturated rings. The Morgan fingerprint density at radius 3 is 3.04 bits per heavy atom. The molecule has 0 amide bonds. The third-order valence-electron chi connectivity index (χ3n) is 5.85. The average molecular weight is 324 g/mol. The van der Waals surface area contributed by atoms with Crippen molar-refractivity contribution in [2.75, 3.05) is 13.6 Å². The van der Waals surface area contributed by atoms with E-state index in [0.717, 1.165) is 19.4 Å². The molecule has 0 saturated carbocycles. The number of aromatic nitrogens is 1. The summed E-state index contributed by atoms with van der Waals surface area (Å²) in [5.41, 5.74) is 4.62. The molecule has 24 heavy (non-hydrogen) atoms. The molecule has 126 valence electrons. The fourth-order valence-electron chi connectivity index (χ4n) is 4.73. The summed E-state index contributed by atoms with van der Waals surface area (Å²) in [6.45, 7) is 2.86. The number of H-pyrrole nitrogens is 1. The van der Waals surface area contributed by atoms with Crippen molar-refractivity contribution in [1.29, 1.82) is 0 Å². The minimum Gasteiger partial charge on any atom is -0.478 e. The summed E-state index contributed by atoms with van der Waals surface area (Å²) in [5.74, 6) is 0.00268. The SMILES string of the molecule is CC/C(=C\[C@@H]1C[C@@H]2c3cccc4[nH]cc(c34)C[C@H]2N(C)C1)C(=O)O. The molecule has 1 saturated heterocycles. The van der Waals surface area contributed by atoms with Crippen LogP contribution in [0.1, 0.15) is 36.8 Å². The first kappa shape index (κ1) is 15.5. The van der Waals surface area contributed by atoms with Gasteiger partial charge in [-0.05, 0) is 49.4 Å². The highest BCUT2D eigenvalue weighted by Crippen LogP contribution is 2.44. The summed E-state index contributed by atoms with van der Waals surface area (Å²) in [6, 6.07) is 7.05. The molecule has 1 aromatic heterocycles. The van der Waals surface area contributed by atoms with E-state index in [0.29, 0.717) is 29.9 Å². The van der Waals surface area contributed by atoms with Crippen LogP contribution in [-0.2, 0) is 11.2 Å². The normalized spacial score (nSPS) is 27.2.